The van der Waals surface area contributed by atoms with Crippen LogP contribution in [0.1, 0.15) is 12.5 Å². The molecule has 0 aliphatic carbocycles. The van der Waals surface area contributed by atoms with Crippen LogP contribution in [-0.2, 0) is 16.0 Å². The van der Waals surface area contributed by atoms with Crippen LogP contribution in [0.4, 0.5) is 0 Å². The van der Waals surface area contributed by atoms with E-state index in [-0.39, 0.29) is 13.2 Å². The molecule has 23 heavy (non-hydrogen) atoms. The van der Waals surface area contributed by atoms with Crippen molar-refractivity contribution >= 4 is 46.5 Å². The quantitative estimate of drug-likeness (QED) is 0.542. The summed E-state index contributed by atoms with van der Waals surface area (Å²) >= 11 is 16.8. The van der Waals surface area contributed by atoms with Crippen LogP contribution in [0.15, 0.2) is 29.5 Å². The van der Waals surface area contributed by atoms with Gasteiger partial charge in [0.1, 0.15) is 0 Å². The highest BCUT2D eigenvalue weighted by Crippen LogP contribution is 2.23. The summed E-state index contributed by atoms with van der Waals surface area (Å²) in [5, 5.41) is 16.4. The average molecular weight is 375 g/mol. The number of carbonyl (C=O) groups is 1. The third-order valence-corrected chi connectivity index (χ3v) is 4.33. The van der Waals surface area contributed by atoms with Crippen molar-refractivity contribution < 1.29 is 14.6 Å². The van der Waals surface area contributed by atoms with E-state index in [1.54, 1.807) is 19.1 Å². The van der Waals surface area contributed by atoms with Gasteiger partial charge in [-0.15, -0.1) is 0 Å². The van der Waals surface area contributed by atoms with Crippen LogP contribution in [0.3, 0.4) is 0 Å². The van der Waals surface area contributed by atoms with Crippen molar-refractivity contribution in [3.8, 4) is 0 Å². The molecule has 0 bridgehead atoms. The number of rotatable bonds is 5. The first-order chi connectivity index (χ1) is 10.9. The van der Waals surface area contributed by atoms with Gasteiger partial charge in [-0.25, -0.2) is 4.79 Å². The van der Waals surface area contributed by atoms with Gasteiger partial charge in [-0.05, 0) is 36.8 Å². The van der Waals surface area contributed by atoms with Crippen LogP contribution >= 0.6 is 35.4 Å². The molecule has 1 unspecified atom stereocenters. The number of halogens is 2. The lowest BCUT2D eigenvalue weighted by molar-refractivity contribution is -0.139. The minimum absolute atomic E-state index is 0.191. The molecule has 1 aromatic carbocycles. The topological polar surface area (TPSA) is 70.6 Å². The Balaban J connectivity index is 1.97. The van der Waals surface area contributed by atoms with Gasteiger partial charge >= 0.3 is 5.97 Å². The largest absolute Gasteiger partial charge is 0.462 e. The Morgan fingerprint density at radius 2 is 2.13 bits per heavy atom. The van der Waals surface area contributed by atoms with Crippen molar-refractivity contribution in [3.05, 3.63) is 45.1 Å². The number of carbonyl (C=O) groups excluding carboxylic acids is 1. The van der Waals surface area contributed by atoms with Gasteiger partial charge in [0.15, 0.2) is 5.11 Å². The van der Waals surface area contributed by atoms with Crippen LogP contribution in [-0.4, -0.2) is 35.4 Å². The van der Waals surface area contributed by atoms with Gasteiger partial charge in [0.25, 0.3) is 0 Å². The second-order valence-electron chi connectivity index (χ2n) is 5.01. The fourth-order valence-electron chi connectivity index (χ4n) is 2.23. The van der Waals surface area contributed by atoms with Crippen molar-refractivity contribution in [1.82, 2.24) is 10.6 Å². The summed E-state index contributed by atoms with van der Waals surface area (Å²) in [5.41, 5.74) is 1.83. The third-order valence-electron chi connectivity index (χ3n) is 3.37. The van der Waals surface area contributed by atoms with Crippen LogP contribution in [0.25, 0.3) is 0 Å². The van der Waals surface area contributed by atoms with Gasteiger partial charge in [-0.2, -0.15) is 0 Å². The fraction of sp³-hybridized carbons (Fsp3) is 0.333. The Kier molecular flexibility index (Phi) is 6.24. The molecule has 1 atom stereocenters. The van der Waals surface area contributed by atoms with E-state index in [1.165, 1.54) is 0 Å². The van der Waals surface area contributed by atoms with Gasteiger partial charge in [-0.1, -0.05) is 29.3 Å². The molecular weight excluding hydrogens is 359 g/mol. The summed E-state index contributed by atoms with van der Waals surface area (Å²) in [6.45, 7) is 1.65. The molecule has 3 N–H and O–H groups in total. The number of hydrogen-bond acceptors (Lipinski definition) is 4. The first kappa shape index (κ1) is 18.0. The number of aliphatic hydroxyl groups excluding tert-OH is 1. The molecular formula is C15H16Cl2N2O3S. The van der Waals surface area contributed by atoms with Crippen molar-refractivity contribution in [2.75, 3.05) is 13.2 Å². The first-order valence-electron chi connectivity index (χ1n) is 6.92. The average Bonchev–Trinajstić information content (AvgIpc) is 2.49. The summed E-state index contributed by atoms with van der Waals surface area (Å²) in [6.07, 6.45) is 0.512. The number of esters is 1. The zero-order valence-electron chi connectivity index (χ0n) is 12.4. The van der Waals surface area contributed by atoms with E-state index in [0.29, 0.717) is 32.8 Å². The molecule has 0 radical (unpaired) electrons. The van der Waals surface area contributed by atoms with Crippen LogP contribution in [0.2, 0.25) is 10.0 Å². The molecule has 0 aromatic heterocycles. The maximum Gasteiger partial charge on any atom is 0.337 e. The van der Waals surface area contributed by atoms with Gasteiger partial charge in [0, 0.05) is 12.1 Å². The molecule has 2 rings (SSSR count). The molecule has 8 heteroatoms. The smallest absolute Gasteiger partial charge is 0.337 e. The second-order valence-corrected chi connectivity index (χ2v) is 6.23. The first-order valence-corrected chi connectivity index (χ1v) is 8.09. The number of aliphatic hydroxyl groups is 1. The highest BCUT2D eigenvalue weighted by Gasteiger charge is 2.28. The molecule has 0 saturated carbocycles. The standard InChI is InChI=1S/C15H16Cl2N2O3S/c1-8-13(12(7-20)19-15(23)18-8)14(21)22-5-4-9-2-3-10(16)11(17)6-9/h2-3,6,12,20H,4-5,7H2,1H3,(H2,18,19,23). The Bertz CT molecular complexity index is 664. The van der Waals surface area contributed by atoms with E-state index in [2.05, 4.69) is 10.6 Å². The fourth-order valence-corrected chi connectivity index (χ4v) is 2.85. The van der Waals surface area contributed by atoms with Gasteiger partial charge in [0.2, 0.25) is 0 Å². The van der Waals surface area contributed by atoms with Crippen molar-refractivity contribution in [2.45, 2.75) is 19.4 Å². The molecule has 0 amide bonds. The summed E-state index contributed by atoms with van der Waals surface area (Å²) in [7, 11) is 0. The zero-order chi connectivity index (χ0) is 17.0. The zero-order valence-corrected chi connectivity index (χ0v) is 14.7. The predicted octanol–water partition coefficient (Wildman–Crippen LogP) is 2.19. The van der Waals surface area contributed by atoms with Gasteiger partial charge < -0.3 is 20.5 Å². The second kappa shape index (κ2) is 7.97. The molecule has 1 aliphatic heterocycles. The molecule has 0 saturated heterocycles. The Morgan fingerprint density at radius 3 is 2.78 bits per heavy atom. The molecule has 1 aromatic rings. The number of nitrogens with one attached hydrogen (secondary N) is 2. The Labute approximate surface area is 149 Å². The van der Waals surface area contributed by atoms with Gasteiger partial charge in [0.05, 0.1) is 34.9 Å². The van der Waals surface area contributed by atoms with E-state index in [9.17, 15) is 9.90 Å². The van der Waals surface area contributed by atoms with E-state index in [1.807, 2.05) is 6.07 Å². The summed E-state index contributed by atoms with van der Waals surface area (Å²) in [4.78, 5) is 12.2. The summed E-state index contributed by atoms with van der Waals surface area (Å²) in [6, 6.07) is 4.69. The normalized spacial score (nSPS) is 17.6. The number of hydrogen-bond donors (Lipinski definition) is 3. The molecule has 1 heterocycles. The maximum atomic E-state index is 12.2. The van der Waals surface area contributed by atoms with Crippen molar-refractivity contribution in [3.63, 3.8) is 0 Å². The Morgan fingerprint density at radius 1 is 1.39 bits per heavy atom. The van der Waals surface area contributed by atoms with E-state index in [0.717, 1.165) is 5.56 Å². The maximum absolute atomic E-state index is 12.2. The molecule has 5 nitrogen and oxygen atoms in total. The number of thiocarbonyl (C=S) groups is 1. The van der Waals surface area contributed by atoms with E-state index in [4.69, 9.17) is 40.2 Å². The highest BCUT2D eigenvalue weighted by atomic mass is 35.5. The predicted molar refractivity (Wildman–Crippen MR) is 93.6 cm³/mol. The molecule has 124 valence electrons. The monoisotopic (exact) mass is 374 g/mol. The minimum Gasteiger partial charge on any atom is -0.462 e. The summed E-state index contributed by atoms with van der Waals surface area (Å²) in [5.74, 6) is -0.496. The van der Waals surface area contributed by atoms with Crippen molar-refractivity contribution in [2.24, 2.45) is 0 Å². The lowest BCUT2D eigenvalue weighted by Gasteiger charge is -2.28. The third kappa shape index (κ3) is 4.57. The van der Waals surface area contributed by atoms with Crippen LogP contribution in [0, 0.1) is 0 Å². The number of benzene rings is 1. The molecule has 1 aliphatic rings. The molecule has 0 fully saturated rings. The molecule has 0 spiro atoms. The van der Waals surface area contributed by atoms with Gasteiger partial charge in [-0.3, -0.25) is 0 Å². The van der Waals surface area contributed by atoms with E-state index >= 15 is 0 Å². The van der Waals surface area contributed by atoms with Crippen molar-refractivity contribution in [1.29, 1.82) is 0 Å². The minimum atomic E-state index is -0.568. The SMILES string of the molecule is CC1=C(C(=O)OCCc2ccc(Cl)c(Cl)c2)C(CO)NC(=S)N1. The number of ether oxygens (including phenoxy) is 1. The Hall–Kier alpha value is -1.34. The van der Waals surface area contributed by atoms with Crippen LogP contribution in [0.5, 0.6) is 0 Å². The highest BCUT2D eigenvalue weighted by molar-refractivity contribution is 7.80. The number of allylic oxidation sites excluding steroid dienone is 1. The van der Waals surface area contributed by atoms with Crippen LogP contribution < -0.4 is 10.6 Å². The van der Waals surface area contributed by atoms with E-state index < -0.39 is 12.0 Å². The summed E-state index contributed by atoms with van der Waals surface area (Å²) < 4.78 is 5.29. The lowest BCUT2D eigenvalue weighted by Crippen LogP contribution is -2.51. The lowest BCUT2D eigenvalue weighted by atomic mass is 10.0.